The van der Waals surface area contributed by atoms with Gasteiger partial charge in [0.05, 0.1) is 20.3 Å². The third-order valence-corrected chi connectivity index (χ3v) is 5.23. The second kappa shape index (κ2) is 8.60. The van der Waals surface area contributed by atoms with Gasteiger partial charge in [-0.05, 0) is 19.1 Å². The number of methoxy groups -OCH3 is 1. The number of carbonyl (C=O) groups excluding carboxylic acids is 1. The fourth-order valence-corrected chi connectivity index (χ4v) is 3.68. The van der Waals surface area contributed by atoms with Gasteiger partial charge in [-0.3, -0.25) is 4.79 Å². The molecule has 0 atom stereocenters. The molecular weight excluding hydrogens is 372 g/mol. The summed E-state index contributed by atoms with van der Waals surface area (Å²) in [6.07, 6.45) is 1.62. The number of ether oxygens (including phenoxy) is 2. The minimum Gasteiger partial charge on any atom is -0.480 e. The van der Waals surface area contributed by atoms with Gasteiger partial charge < -0.3 is 24.2 Å². The van der Waals surface area contributed by atoms with E-state index in [1.807, 2.05) is 17.9 Å². The minimum atomic E-state index is -0.0533. The molecule has 154 valence electrons. The van der Waals surface area contributed by atoms with Crippen molar-refractivity contribution in [1.82, 2.24) is 19.9 Å². The minimum absolute atomic E-state index is 0.0533. The van der Waals surface area contributed by atoms with Gasteiger partial charge in [0.2, 0.25) is 5.88 Å². The molecule has 0 N–H and O–H groups in total. The third-order valence-electron chi connectivity index (χ3n) is 5.23. The number of nitrogens with zero attached hydrogens (tertiary/aromatic N) is 6. The fraction of sp³-hybridized carbons (Fsp3) is 0.500. The maximum Gasteiger partial charge on any atom is 0.259 e. The Balaban J connectivity index is 1.44. The molecular formula is C20H26N6O3. The molecule has 9 heteroatoms. The zero-order chi connectivity index (χ0) is 20.2. The highest BCUT2D eigenvalue weighted by Crippen LogP contribution is 2.23. The number of hydrogen-bond acceptors (Lipinski definition) is 8. The molecule has 0 bridgehead atoms. The Morgan fingerprint density at radius 3 is 2.34 bits per heavy atom. The van der Waals surface area contributed by atoms with E-state index in [4.69, 9.17) is 9.47 Å². The Kier molecular flexibility index (Phi) is 5.75. The number of pyridine rings is 1. The number of piperazine rings is 1. The highest BCUT2D eigenvalue weighted by molar-refractivity contribution is 5.96. The second-order valence-electron chi connectivity index (χ2n) is 7.07. The highest BCUT2D eigenvalue weighted by Gasteiger charge is 2.26. The molecule has 0 aliphatic carbocycles. The zero-order valence-corrected chi connectivity index (χ0v) is 16.9. The van der Waals surface area contributed by atoms with Gasteiger partial charge >= 0.3 is 0 Å². The average Bonchev–Trinajstić information content (AvgIpc) is 2.79. The Morgan fingerprint density at radius 1 is 1.03 bits per heavy atom. The summed E-state index contributed by atoms with van der Waals surface area (Å²) < 4.78 is 10.7. The molecule has 4 rings (SSSR count). The van der Waals surface area contributed by atoms with E-state index in [2.05, 4.69) is 24.8 Å². The van der Waals surface area contributed by atoms with Crippen molar-refractivity contribution in [2.75, 3.05) is 69.4 Å². The standard InChI is InChI=1S/C20H26N6O3/c1-15-22-17(14-18(23-15)25-10-12-29-13-11-25)24-6-8-26(9-7-24)20(27)16-4-3-5-21-19(16)28-2/h3-5,14H,6-13H2,1-2H3. The van der Waals surface area contributed by atoms with Gasteiger partial charge in [0, 0.05) is 51.5 Å². The predicted molar refractivity (Wildman–Crippen MR) is 109 cm³/mol. The van der Waals surface area contributed by atoms with Crippen LogP contribution >= 0.6 is 0 Å². The smallest absolute Gasteiger partial charge is 0.259 e. The summed E-state index contributed by atoms with van der Waals surface area (Å²) in [5.41, 5.74) is 0.496. The molecule has 0 aromatic carbocycles. The van der Waals surface area contributed by atoms with Crippen LogP contribution in [0.15, 0.2) is 24.4 Å². The van der Waals surface area contributed by atoms with E-state index in [0.717, 1.165) is 43.8 Å². The van der Waals surface area contributed by atoms with Crippen LogP contribution < -0.4 is 14.5 Å². The second-order valence-corrected chi connectivity index (χ2v) is 7.07. The van der Waals surface area contributed by atoms with Gasteiger partial charge in [-0.15, -0.1) is 0 Å². The van der Waals surface area contributed by atoms with Crippen LogP contribution in [-0.2, 0) is 4.74 Å². The van der Waals surface area contributed by atoms with Crippen LogP contribution in [-0.4, -0.2) is 85.4 Å². The van der Waals surface area contributed by atoms with Crippen LogP contribution in [0.1, 0.15) is 16.2 Å². The van der Waals surface area contributed by atoms with E-state index < -0.39 is 0 Å². The summed E-state index contributed by atoms with van der Waals surface area (Å²) in [4.78, 5) is 32.5. The molecule has 0 unspecified atom stereocenters. The van der Waals surface area contributed by atoms with E-state index in [1.54, 1.807) is 18.3 Å². The van der Waals surface area contributed by atoms with Crippen molar-refractivity contribution in [2.45, 2.75) is 6.92 Å². The summed E-state index contributed by atoms with van der Waals surface area (Å²) in [6, 6.07) is 5.55. The maximum atomic E-state index is 12.9. The highest BCUT2D eigenvalue weighted by atomic mass is 16.5. The number of rotatable bonds is 4. The first kappa shape index (κ1) is 19.4. The van der Waals surface area contributed by atoms with Gasteiger partial charge in [-0.2, -0.15) is 0 Å². The number of carbonyl (C=O) groups is 1. The van der Waals surface area contributed by atoms with Gasteiger partial charge in [0.15, 0.2) is 0 Å². The van der Waals surface area contributed by atoms with E-state index in [0.29, 0.717) is 37.6 Å². The van der Waals surface area contributed by atoms with Crippen molar-refractivity contribution in [3.05, 3.63) is 35.8 Å². The Morgan fingerprint density at radius 2 is 1.69 bits per heavy atom. The van der Waals surface area contributed by atoms with Crippen molar-refractivity contribution in [1.29, 1.82) is 0 Å². The summed E-state index contributed by atoms with van der Waals surface area (Å²) in [7, 11) is 1.53. The lowest BCUT2D eigenvalue weighted by Gasteiger charge is -2.36. The zero-order valence-electron chi connectivity index (χ0n) is 16.9. The molecule has 2 saturated heterocycles. The summed E-state index contributed by atoms with van der Waals surface area (Å²) >= 11 is 0. The number of morpholine rings is 1. The molecule has 2 aromatic rings. The van der Waals surface area contributed by atoms with E-state index >= 15 is 0 Å². The Hall–Kier alpha value is -2.94. The molecule has 2 aromatic heterocycles. The number of aryl methyl sites for hydroxylation is 1. The van der Waals surface area contributed by atoms with Crippen LogP contribution in [0, 0.1) is 6.92 Å². The van der Waals surface area contributed by atoms with Crippen LogP contribution in [0.25, 0.3) is 0 Å². The average molecular weight is 398 g/mol. The van der Waals surface area contributed by atoms with Crippen molar-refractivity contribution >= 4 is 17.5 Å². The van der Waals surface area contributed by atoms with Crippen LogP contribution in [0.3, 0.4) is 0 Å². The quantitative estimate of drug-likeness (QED) is 0.754. The van der Waals surface area contributed by atoms with Gasteiger partial charge in [0.25, 0.3) is 5.91 Å². The first-order valence-electron chi connectivity index (χ1n) is 9.87. The summed E-state index contributed by atoms with van der Waals surface area (Å²) in [5, 5.41) is 0. The topological polar surface area (TPSA) is 83.9 Å². The van der Waals surface area contributed by atoms with Gasteiger partial charge in [0.1, 0.15) is 23.0 Å². The first-order valence-corrected chi connectivity index (χ1v) is 9.87. The SMILES string of the molecule is COc1ncccc1C(=O)N1CCN(c2cc(N3CCOCC3)nc(C)n2)CC1. The molecule has 29 heavy (non-hydrogen) atoms. The lowest BCUT2D eigenvalue weighted by Crippen LogP contribution is -2.49. The van der Waals surface area contributed by atoms with Crippen LogP contribution in [0.2, 0.25) is 0 Å². The number of amides is 1. The Labute approximate surface area is 170 Å². The summed E-state index contributed by atoms with van der Waals surface area (Å²) in [5.74, 6) is 2.91. The Bertz CT molecular complexity index is 863. The third kappa shape index (κ3) is 4.24. The lowest BCUT2D eigenvalue weighted by atomic mass is 10.2. The lowest BCUT2D eigenvalue weighted by molar-refractivity contribution is 0.0742. The molecule has 1 amide bonds. The molecule has 4 heterocycles. The van der Waals surface area contributed by atoms with Gasteiger partial charge in [-0.25, -0.2) is 15.0 Å². The van der Waals surface area contributed by atoms with E-state index in [1.165, 1.54) is 7.11 Å². The normalized spacial score (nSPS) is 17.4. The molecule has 2 aliphatic rings. The van der Waals surface area contributed by atoms with Gasteiger partial charge in [-0.1, -0.05) is 0 Å². The molecule has 0 spiro atoms. The van der Waals surface area contributed by atoms with E-state index in [-0.39, 0.29) is 5.91 Å². The molecule has 9 nitrogen and oxygen atoms in total. The van der Waals surface area contributed by atoms with Crippen LogP contribution in [0.5, 0.6) is 5.88 Å². The number of hydrogen-bond donors (Lipinski definition) is 0. The maximum absolute atomic E-state index is 12.9. The van der Waals surface area contributed by atoms with Crippen molar-refractivity contribution in [3.8, 4) is 5.88 Å². The van der Waals surface area contributed by atoms with Crippen molar-refractivity contribution in [2.24, 2.45) is 0 Å². The van der Waals surface area contributed by atoms with E-state index in [9.17, 15) is 4.79 Å². The van der Waals surface area contributed by atoms with Crippen LogP contribution in [0.4, 0.5) is 11.6 Å². The van der Waals surface area contributed by atoms with Crippen molar-refractivity contribution in [3.63, 3.8) is 0 Å². The summed E-state index contributed by atoms with van der Waals surface area (Å²) in [6.45, 7) is 7.70. The predicted octanol–water partition coefficient (Wildman–Crippen LogP) is 0.988. The fourth-order valence-electron chi connectivity index (χ4n) is 3.68. The molecule has 0 saturated carbocycles. The van der Waals surface area contributed by atoms with Crippen molar-refractivity contribution < 1.29 is 14.3 Å². The molecule has 2 fully saturated rings. The molecule has 0 radical (unpaired) electrons. The monoisotopic (exact) mass is 398 g/mol. The largest absolute Gasteiger partial charge is 0.480 e. The number of aromatic nitrogens is 3. The first-order chi connectivity index (χ1) is 14.2. The number of anilines is 2. The molecule has 2 aliphatic heterocycles.